The summed E-state index contributed by atoms with van der Waals surface area (Å²) >= 11 is 0. The molecule has 1 aromatic heterocycles. The van der Waals surface area contributed by atoms with Crippen LogP contribution in [0.2, 0.25) is 0 Å². The summed E-state index contributed by atoms with van der Waals surface area (Å²) in [6, 6.07) is 11.0. The molecule has 0 fully saturated rings. The first-order valence-corrected chi connectivity index (χ1v) is 8.36. The molecule has 0 aliphatic carbocycles. The van der Waals surface area contributed by atoms with Gasteiger partial charge >= 0.3 is 0 Å². The van der Waals surface area contributed by atoms with Crippen molar-refractivity contribution in [1.82, 2.24) is 15.1 Å². The number of amides is 1. The van der Waals surface area contributed by atoms with Crippen molar-refractivity contribution >= 4 is 5.91 Å². The van der Waals surface area contributed by atoms with E-state index in [-0.39, 0.29) is 23.2 Å². The highest BCUT2D eigenvalue weighted by Crippen LogP contribution is 2.29. The fourth-order valence-corrected chi connectivity index (χ4v) is 2.78. The van der Waals surface area contributed by atoms with E-state index in [0.29, 0.717) is 11.5 Å². The first kappa shape index (κ1) is 18.4. The number of carbonyl (C=O) groups excluding carboxylic acids is 1. The smallest absolute Gasteiger partial charge is 0.251 e. The van der Waals surface area contributed by atoms with E-state index < -0.39 is 5.82 Å². The zero-order chi connectivity index (χ0) is 19.4. The molecule has 6 nitrogen and oxygen atoms in total. The Labute approximate surface area is 156 Å². The van der Waals surface area contributed by atoms with Gasteiger partial charge < -0.3 is 14.8 Å². The fraction of sp³-hybridized carbons (Fsp3) is 0.200. The van der Waals surface area contributed by atoms with Crippen LogP contribution in [0.1, 0.15) is 28.9 Å². The molecule has 0 bridgehead atoms. The van der Waals surface area contributed by atoms with Crippen molar-refractivity contribution in [2.75, 3.05) is 14.2 Å². The molecular formula is C20H20FN3O3. The van der Waals surface area contributed by atoms with Crippen LogP contribution in [-0.2, 0) is 0 Å². The molecule has 1 N–H and O–H groups in total. The number of halogens is 1. The molecule has 0 aliphatic heterocycles. The zero-order valence-electron chi connectivity index (χ0n) is 15.3. The van der Waals surface area contributed by atoms with Gasteiger partial charge in [-0.2, -0.15) is 5.10 Å². The lowest BCUT2D eigenvalue weighted by Gasteiger charge is -2.18. The van der Waals surface area contributed by atoms with Crippen LogP contribution in [0.3, 0.4) is 0 Å². The third-order valence-electron chi connectivity index (χ3n) is 4.22. The molecule has 0 saturated heterocycles. The Hall–Kier alpha value is -3.35. The van der Waals surface area contributed by atoms with E-state index in [9.17, 15) is 9.18 Å². The van der Waals surface area contributed by atoms with Gasteiger partial charge in [0.1, 0.15) is 23.0 Å². The van der Waals surface area contributed by atoms with E-state index in [1.54, 1.807) is 50.9 Å². The van der Waals surface area contributed by atoms with Gasteiger partial charge in [0.25, 0.3) is 5.91 Å². The van der Waals surface area contributed by atoms with Crippen LogP contribution < -0.4 is 14.8 Å². The van der Waals surface area contributed by atoms with Gasteiger partial charge in [0.05, 0.1) is 20.3 Å². The highest BCUT2D eigenvalue weighted by atomic mass is 19.1. The van der Waals surface area contributed by atoms with Crippen LogP contribution in [0, 0.1) is 5.82 Å². The Balaban J connectivity index is 1.78. The molecule has 0 radical (unpaired) electrons. The standard InChI is InChI=1S/C20H20FN3O3/c1-13(16-7-6-15(26-2)12-19(16)27-3)23-20(25)14-5-8-18(17(21)11-14)24-10-4-9-22-24/h4-13H,1-3H3,(H,23,25)/t13-/m0/s1. The minimum atomic E-state index is -0.527. The second-order valence-corrected chi connectivity index (χ2v) is 5.92. The van der Waals surface area contributed by atoms with Crippen molar-refractivity contribution in [3.8, 4) is 17.2 Å². The summed E-state index contributed by atoms with van der Waals surface area (Å²) in [5, 5.41) is 6.85. The Morgan fingerprint density at radius 2 is 2.00 bits per heavy atom. The number of benzene rings is 2. The number of hydrogen-bond acceptors (Lipinski definition) is 4. The molecule has 0 saturated carbocycles. The highest BCUT2D eigenvalue weighted by Gasteiger charge is 2.17. The number of ether oxygens (including phenoxy) is 2. The van der Waals surface area contributed by atoms with Crippen molar-refractivity contribution in [1.29, 1.82) is 0 Å². The van der Waals surface area contributed by atoms with Crippen LogP contribution in [0.4, 0.5) is 4.39 Å². The molecule has 1 atom stereocenters. The van der Waals surface area contributed by atoms with Crippen LogP contribution in [0.25, 0.3) is 5.69 Å². The Kier molecular flexibility index (Phi) is 5.40. The SMILES string of the molecule is COc1ccc([C@H](C)NC(=O)c2ccc(-n3cccn3)c(F)c2)c(OC)c1. The summed E-state index contributed by atoms with van der Waals surface area (Å²) in [6.45, 7) is 1.83. The van der Waals surface area contributed by atoms with Gasteiger partial charge in [-0.05, 0) is 43.3 Å². The first-order valence-electron chi connectivity index (χ1n) is 8.36. The molecule has 27 heavy (non-hydrogen) atoms. The molecule has 0 aliphatic rings. The molecule has 7 heteroatoms. The minimum absolute atomic E-state index is 0.225. The number of methoxy groups -OCH3 is 2. The lowest BCUT2D eigenvalue weighted by atomic mass is 10.1. The summed E-state index contributed by atoms with van der Waals surface area (Å²) in [7, 11) is 3.12. The fourth-order valence-electron chi connectivity index (χ4n) is 2.78. The number of hydrogen-bond donors (Lipinski definition) is 1. The largest absolute Gasteiger partial charge is 0.497 e. The minimum Gasteiger partial charge on any atom is -0.497 e. The second kappa shape index (κ2) is 7.90. The van der Waals surface area contributed by atoms with Crippen molar-refractivity contribution in [2.24, 2.45) is 0 Å². The number of carbonyl (C=O) groups is 1. The van der Waals surface area contributed by atoms with E-state index in [1.807, 2.05) is 13.0 Å². The maximum Gasteiger partial charge on any atom is 0.251 e. The van der Waals surface area contributed by atoms with E-state index in [4.69, 9.17) is 9.47 Å². The average molecular weight is 369 g/mol. The molecule has 0 unspecified atom stereocenters. The molecule has 140 valence electrons. The summed E-state index contributed by atoms with van der Waals surface area (Å²) in [6.07, 6.45) is 3.19. The topological polar surface area (TPSA) is 65.4 Å². The Morgan fingerprint density at radius 1 is 1.19 bits per heavy atom. The summed E-state index contributed by atoms with van der Waals surface area (Å²) in [5.74, 6) is 0.347. The predicted molar refractivity (Wildman–Crippen MR) is 98.9 cm³/mol. The molecule has 3 rings (SSSR count). The Bertz CT molecular complexity index is 942. The molecule has 3 aromatic rings. The monoisotopic (exact) mass is 369 g/mol. The van der Waals surface area contributed by atoms with Crippen LogP contribution in [0.5, 0.6) is 11.5 Å². The molecule has 1 amide bonds. The van der Waals surface area contributed by atoms with Crippen LogP contribution >= 0.6 is 0 Å². The van der Waals surface area contributed by atoms with Gasteiger partial charge in [0.2, 0.25) is 0 Å². The predicted octanol–water partition coefficient (Wildman–Crippen LogP) is 3.52. The van der Waals surface area contributed by atoms with Gasteiger partial charge in [-0.3, -0.25) is 4.79 Å². The molecular weight excluding hydrogens is 349 g/mol. The van der Waals surface area contributed by atoms with Crippen molar-refractivity contribution < 1.29 is 18.7 Å². The lowest BCUT2D eigenvalue weighted by Crippen LogP contribution is -2.27. The van der Waals surface area contributed by atoms with E-state index >= 15 is 0 Å². The van der Waals surface area contributed by atoms with Gasteiger partial charge in [0.15, 0.2) is 0 Å². The highest BCUT2D eigenvalue weighted by molar-refractivity contribution is 5.94. The molecule has 2 aromatic carbocycles. The quantitative estimate of drug-likeness (QED) is 0.722. The molecule has 1 heterocycles. The summed E-state index contributed by atoms with van der Waals surface area (Å²) in [5.41, 5.74) is 1.30. The normalized spacial score (nSPS) is 11.7. The number of nitrogens with zero attached hydrogens (tertiary/aromatic N) is 2. The molecule has 0 spiro atoms. The lowest BCUT2D eigenvalue weighted by molar-refractivity contribution is 0.0939. The van der Waals surface area contributed by atoms with Crippen molar-refractivity contribution in [3.63, 3.8) is 0 Å². The van der Waals surface area contributed by atoms with Crippen LogP contribution in [-0.4, -0.2) is 29.9 Å². The second-order valence-electron chi connectivity index (χ2n) is 5.92. The summed E-state index contributed by atoms with van der Waals surface area (Å²) in [4.78, 5) is 12.5. The first-order chi connectivity index (χ1) is 13.0. The van der Waals surface area contributed by atoms with E-state index in [2.05, 4.69) is 10.4 Å². The van der Waals surface area contributed by atoms with Gasteiger partial charge in [0, 0.05) is 29.6 Å². The van der Waals surface area contributed by atoms with Crippen LogP contribution in [0.15, 0.2) is 54.9 Å². The number of nitrogens with one attached hydrogen (secondary N) is 1. The number of aromatic nitrogens is 2. The maximum atomic E-state index is 14.4. The Morgan fingerprint density at radius 3 is 2.63 bits per heavy atom. The van der Waals surface area contributed by atoms with Gasteiger partial charge in [-0.1, -0.05) is 0 Å². The third-order valence-corrected chi connectivity index (χ3v) is 4.22. The van der Waals surface area contributed by atoms with Crippen molar-refractivity contribution in [3.05, 3.63) is 71.8 Å². The van der Waals surface area contributed by atoms with Crippen molar-refractivity contribution in [2.45, 2.75) is 13.0 Å². The number of rotatable bonds is 6. The third kappa shape index (κ3) is 3.92. The summed E-state index contributed by atoms with van der Waals surface area (Å²) < 4.78 is 26.3. The maximum absolute atomic E-state index is 14.4. The van der Waals surface area contributed by atoms with E-state index in [0.717, 1.165) is 5.56 Å². The van der Waals surface area contributed by atoms with Gasteiger partial charge in [-0.25, -0.2) is 9.07 Å². The average Bonchev–Trinajstić information content (AvgIpc) is 3.21. The zero-order valence-corrected chi connectivity index (χ0v) is 15.3. The van der Waals surface area contributed by atoms with E-state index in [1.165, 1.54) is 16.8 Å². The van der Waals surface area contributed by atoms with Gasteiger partial charge in [-0.15, -0.1) is 0 Å².